The Balaban J connectivity index is 1.12. The standard InChI is InChI=1S/C25H36N4O3/c30-23-25(10-15-27(16-11-25)12-6-20-4-2-1-3-5-20)26-24(31)29(23)22-7-13-28(14-8-22)18-21-9-17-32-19-21/h1-5,21-22H,6-19H2,(H,26,31)/t21-/m0/s1. The zero-order chi connectivity index (χ0) is 22.0. The Hall–Kier alpha value is -1.96. The van der Waals surface area contributed by atoms with Crippen LogP contribution >= 0.6 is 0 Å². The molecule has 32 heavy (non-hydrogen) atoms. The Morgan fingerprint density at radius 3 is 2.41 bits per heavy atom. The van der Waals surface area contributed by atoms with Crippen LogP contribution in [0.3, 0.4) is 0 Å². The smallest absolute Gasteiger partial charge is 0.325 e. The van der Waals surface area contributed by atoms with E-state index < -0.39 is 5.54 Å². The van der Waals surface area contributed by atoms with Crippen LogP contribution < -0.4 is 5.32 Å². The van der Waals surface area contributed by atoms with Crippen molar-refractivity contribution in [2.45, 2.75) is 50.1 Å². The van der Waals surface area contributed by atoms with Gasteiger partial charge in [-0.3, -0.25) is 9.69 Å². The second-order valence-electron chi connectivity index (χ2n) is 10.0. The van der Waals surface area contributed by atoms with Crippen LogP contribution in [0.2, 0.25) is 0 Å². The van der Waals surface area contributed by atoms with Crippen LogP contribution in [-0.2, 0) is 16.0 Å². The number of carbonyl (C=O) groups is 2. The van der Waals surface area contributed by atoms with Gasteiger partial charge >= 0.3 is 6.03 Å². The normalized spacial score (nSPS) is 27.4. The molecule has 0 bridgehead atoms. The largest absolute Gasteiger partial charge is 0.381 e. The van der Waals surface area contributed by atoms with E-state index in [9.17, 15) is 9.59 Å². The monoisotopic (exact) mass is 440 g/mol. The summed E-state index contributed by atoms with van der Waals surface area (Å²) in [5.74, 6) is 0.659. The van der Waals surface area contributed by atoms with Crippen molar-refractivity contribution in [1.82, 2.24) is 20.0 Å². The van der Waals surface area contributed by atoms with Crippen molar-refractivity contribution >= 4 is 11.9 Å². The summed E-state index contributed by atoms with van der Waals surface area (Å²) in [7, 11) is 0. The second kappa shape index (κ2) is 9.49. The average Bonchev–Trinajstić information content (AvgIpc) is 3.41. The van der Waals surface area contributed by atoms with E-state index in [1.165, 1.54) is 5.56 Å². The summed E-state index contributed by atoms with van der Waals surface area (Å²) < 4.78 is 5.50. The fraction of sp³-hybridized carbons (Fsp3) is 0.680. The first-order valence-electron chi connectivity index (χ1n) is 12.4. The number of likely N-dealkylation sites (tertiary alicyclic amines) is 2. The van der Waals surface area contributed by atoms with Crippen LogP contribution in [0.1, 0.15) is 37.7 Å². The van der Waals surface area contributed by atoms with Gasteiger partial charge in [0.15, 0.2) is 0 Å². The average molecular weight is 441 g/mol. The molecule has 5 rings (SSSR count). The molecule has 174 valence electrons. The molecule has 3 amide bonds. The minimum atomic E-state index is -0.682. The lowest BCUT2D eigenvalue weighted by Gasteiger charge is -2.39. The second-order valence-corrected chi connectivity index (χ2v) is 10.0. The number of imide groups is 1. The van der Waals surface area contributed by atoms with Crippen LogP contribution in [0.15, 0.2) is 30.3 Å². The van der Waals surface area contributed by atoms with Crippen molar-refractivity contribution in [2.75, 3.05) is 52.5 Å². The van der Waals surface area contributed by atoms with Crippen molar-refractivity contribution < 1.29 is 14.3 Å². The van der Waals surface area contributed by atoms with Crippen LogP contribution in [0, 0.1) is 5.92 Å². The van der Waals surface area contributed by atoms with E-state index in [2.05, 4.69) is 39.4 Å². The summed E-state index contributed by atoms with van der Waals surface area (Å²) >= 11 is 0. The van der Waals surface area contributed by atoms with Gasteiger partial charge < -0.3 is 19.9 Å². The molecule has 4 aliphatic heterocycles. The molecule has 4 saturated heterocycles. The first-order valence-corrected chi connectivity index (χ1v) is 12.4. The Morgan fingerprint density at radius 2 is 1.72 bits per heavy atom. The molecular weight excluding hydrogens is 404 g/mol. The van der Waals surface area contributed by atoms with Crippen molar-refractivity contribution in [3.05, 3.63) is 35.9 Å². The fourth-order valence-electron chi connectivity index (χ4n) is 5.85. The molecule has 4 fully saturated rings. The van der Waals surface area contributed by atoms with Crippen molar-refractivity contribution in [2.24, 2.45) is 5.92 Å². The molecule has 0 unspecified atom stereocenters. The van der Waals surface area contributed by atoms with Gasteiger partial charge in [0.2, 0.25) is 0 Å². The zero-order valence-electron chi connectivity index (χ0n) is 19.0. The summed E-state index contributed by atoms with van der Waals surface area (Å²) in [5.41, 5.74) is 0.662. The van der Waals surface area contributed by atoms with Crippen molar-refractivity contribution in [3.8, 4) is 0 Å². The van der Waals surface area contributed by atoms with Gasteiger partial charge in [0.05, 0.1) is 6.61 Å². The maximum absolute atomic E-state index is 13.4. The van der Waals surface area contributed by atoms with E-state index >= 15 is 0 Å². The number of amides is 3. The molecule has 0 radical (unpaired) electrons. The molecule has 0 aromatic heterocycles. The van der Waals surface area contributed by atoms with E-state index in [1.54, 1.807) is 4.90 Å². The highest BCUT2D eigenvalue weighted by molar-refractivity contribution is 6.07. The third kappa shape index (κ3) is 4.56. The molecule has 7 heteroatoms. The van der Waals surface area contributed by atoms with E-state index in [0.717, 1.165) is 78.2 Å². The van der Waals surface area contributed by atoms with Gasteiger partial charge in [0.1, 0.15) is 5.54 Å². The Kier molecular flexibility index (Phi) is 6.49. The third-order valence-electron chi connectivity index (χ3n) is 7.92. The number of hydrogen-bond donors (Lipinski definition) is 1. The van der Waals surface area contributed by atoms with Crippen molar-refractivity contribution in [1.29, 1.82) is 0 Å². The molecule has 4 aliphatic rings. The lowest BCUT2D eigenvalue weighted by Crippen LogP contribution is -2.55. The predicted molar refractivity (Wildman–Crippen MR) is 122 cm³/mol. The van der Waals surface area contributed by atoms with Gasteiger partial charge in [-0.25, -0.2) is 4.79 Å². The lowest BCUT2D eigenvalue weighted by molar-refractivity contribution is -0.135. The summed E-state index contributed by atoms with van der Waals surface area (Å²) in [6.45, 7) is 7.46. The van der Waals surface area contributed by atoms with Crippen molar-refractivity contribution in [3.63, 3.8) is 0 Å². The molecule has 1 N–H and O–H groups in total. The number of rotatable bonds is 6. The minimum absolute atomic E-state index is 0.0212. The molecular formula is C25H36N4O3. The summed E-state index contributed by atoms with van der Waals surface area (Å²) in [6.07, 6.45) is 5.36. The first kappa shape index (κ1) is 21.9. The lowest BCUT2D eigenvalue weighted by atomic mass is 9.86. The molecule has 4 heterocycles. The maximum atomic E-state index is 13.4. The number of benzene rings is 1. The topological polar surface area (TPSA) is 65.1 Å². The molecule has 1 atom stereocenters. The number of nitrogens with one attached hydrogen (secondary N) is 1. The van der Waals surface area contributed by atoms with Crippen LogP contribution in [-0.4, -0.2) is 90.7 Å². The van der Waals surface area contributed by atoms with Crippen LogP contribution in [0.4, 0.5) is 4.79 Å². The first-order chi connectivity index (χ1) is 15.6. The van der Waals surface area contributed by atoms with Gasteiger partial charge in [-0.15, -0.1) is 0 Å². The van der Waals surface area contributed by atoms with Gasteiger partial charge in [0, 0.05) is 51.9 Å². The number of piperidine rings is 2. The summed E-state index contributed by atoms with van der Waals surface area (Å²) in [4.78, 5) is 32.8. The third-order valence-corrected chi connectivity index (χ3v) is 7.92. The molecule has 1 aromatic rings. The predicted octanol–water partition coefficient (Wildman–Crippen LogP) is 2.12. The van der Waals surface area contributed by atoms with E-state index in [1.807, 2.05) is 6.07 Å². The highest BCUT2D eigenvalue weighted by Gasteiger charge is 2.54. The summed E-state index contributed by atoms with van der Waals surface area (Å²) in [5, 5.41) is 3.11. The van der Waals surface area contributed by atoms with Gasteiger partial charge in [-0.05, 0) is 50.0 Å². The van der Waals surface area contributed by atoms with Crippen LogP contribution in [0.5, 0.6) is 0 Å². The molecule has 0 aliphatic carbocycles. The Labute approximate surface area is 191 Å². The number of urea groups is 1. The highest BCUT2D eigenvalue weighted by Crippen LogP contribution is 2.33. The highest BCUT2D eigenvalue weighted by atomic mass is 16.5. The molecule has 7 nitrogen and oxygen atoms in total. The van der Waals surface area contributed by atoms with Crippen LogP contribution in [0.25, 0.3) is 0 Å². The number of carbonyl (C=O) groups excluding carboxylic acids is 2. The number of hydrogen-bond acceptors (Lipinski definition) is 5. The van der Waals surface area contributed by atoms with E-state index in [4.69, 9.17) is 4.74 Å². The molecule has 0 saturated carbocycles. The fourth-order valence-corrected chi connectivity index (χ4v) is 5.85. The zero-order valence-corrected chi connectivity index (χ0v) is 19.0. The van der Waals surface area contributed by atoms with Gasteiger partial charge in [-0.2, -0.15) is 0 Å². The molecule has 1 spiro atoms. The number of ether oxygens (including phenoxy) is 1. The SMILES string of the molecule is O=C1NC2(CCN(CCc3ccccc3)CC2)C(=O)N1C1CCN(C[C@@H]2CCOC2)CC1. The Bertz CT molecular complexity index is 795. The van der Waals surface area contributed by atoms with Gasteiger partial charge in [0.25, 0.3) is 5.91 Å². The molecule has 1 aromatic carbocycles. The van der Waals surface area contributed by atoms with E-state index in [-0.39, 0.29) is 18.0 Å². The maximum Gasteiger partial charge on any atom is 0.325 e. The number of nitrogens with zero attached hydrogens (tertiary/aromatic N) is 3. The quantitative estimate of drug-likeness (QED) is 0.687. The van der Waals surface area contributed by atoms with Gasteiger partial charge in [-0.1, -0.05) is 30.3 Å². The van der Waals surface area contributed by atoms with E-state index in [0.29, 0.717) is 18.8 Å². The summed E-state index contributed by atoms with van der Waals surface area (Å²) in [6, 6.07) is 10.4. The Morgan fingerprint density at radius 1 is 0.969 bits per heavy atom. The minimum Gasteiger partial charge on any atom is -0.381 e.